The highest BCUT2D eigenvalue weighted by atomic mass is 16.3. The molecule has 192 valence electrons. The van der Waals surface area contributed by atoms with Crippen molar-refractivity contribution in [3.05, 3.63) is 128 Å². The van der Waals surface area contributed by atoms with Crippen LogP contribution in [0.5, 0.6) is 11.5 Å². The molecule has 0 aliphatic rings. The van der Waals surface area contributed by atoms with Gasteiger partial charge in [-0.2, -0.15) is 0 Å². The van der Waals surface area contributed by atoms with Crippen molar-refractivity contribution in [2.45, 2.75) is 20.3 Å². The highest BCUT2D eigenvalue weighted by Crippen LogP contribution is 2.21. The van der Waals surface area contributed by atoms with E-state index in [1.807, 2.05) is 36.4 Å². The molecule has 0 aliphatic heterocycles. The predicted octanol–water partition coefficient (Wildman–Crippen LogP) is 4.70. The number of phenols is 2. The first-order chi connectivity index (χ1) is 18.8. The Balaban J connectivity index is 1.41. The zero-order valence-corrected chi connectivity index (χ0v) is 21.3. The van der Waals surface area contributed by atoms with E-state index in [0.717, 1.165) is 11.1 Å². The van der Waals surface area contributed by atoms with Crippen molar-refractivity contribution in [2.75, 3.05) is 0 Å². The Kier molecular flexibility index (Phi) is 5.72. The smallest absolute Gasteiger partial charge is 0.265 e. The molecular formula is C31H24N4O4. The molecule has 2 N–H and O–H groups in total. The van der Waals surface area contributed by atoms with E-state index < -0.39 is 0 Å². The highest BCUT2D eigenvalue weighted by Gasteiger charge is 2.13. The van der Waals surface area contributed by atoms with E-state index in [-0.39, 0.29) is 22.6 Å². The van der Waals surface area contributed by atoms with Gasteiger partial charge in [0.2, 0.25) is 0 Å². The number of aryl methyl sites for hydroxylation is 2. The Morgan fingerprint density at radius 3 is 1.36 bits per heavy atom. The molecule has 0 spiro atoms. The summed E-state index contributed by atoms with van der Waals surface area (Å²) in [6.07, 6.45) is 0.505. The molecule has 8 nitrogen and oxygen atoms in total. The maximum absolute atomic E-state index is 13.5. The molecule has 39 heavy (non-hydrogen) atoms. The van der Waals surface area contributed by atoms with Crippen LogP contribution in [0.2, 0.25) is 0 Å². The fourth-order valence-electron chi connectivity index (χ4n) is 4.95. The summed E-state index contributed by atoms with van der Waals surface area (Å²) in [6.45, 7) is 3.55. The highest BCUT2D eigenvalue weighted by molar-refractivity contribution is 5.80. The number of aromatic nitrogens is 4. The van der Waals surface area contributed by atoms with Crippen LogP contribution in [0.4, 0.5) is 0 Å². The number of hydrogen-bond acceptors (Lipinski definition) is 6. The molecule has 0 saturated carbocycles. The van der Waals surface area contributed by atoms with Gasteiger partial charge in [0, 0.05) is 0 Å². The lowest BCUT2D eigenvalue weighted by Crippen LogP contribution is -2.22. The Labute approximate surface area is 222 Å². The van der Waals surface area contributed by atoms with Crippen LogP contribution in [0.3, 0.4) is 0 Å². The summed E-state index contributed by atoms with van der Waals surface area (Å²) in [5.41, 5.74) is 3.87. The number of fused-ring (bicyclic) bond motifs is 2. The number of benzene rings is 4. The van der Waals surface area contributed by atoms with E-state index in [2.05, 4.69) is 9.97 Å². The summed E-state index contributed by atoms with van der Waals surface area (Å²) in [5.74, 6) is 1.34. The zero-order chi connectivity index (χ0) is 27.3. The minimum Gasteiger partial charge on any atom is -0.508 e. The number of rotatable bonds is 4. The molecule has 0 unspecified atom stereocenters. The lowest BCUT2D eigenvalue weighted by atomic mass is 10.0. The van der Waals surface area contributed by atoms with Crippen LogP contribution in [0, 0.1) is 13.8 Å². The summed E-state index contributed by atoms with van der Waals surface area (Å²) in [7, 11) is 0. The molecule has 0 amide bonds. The van der Waals surface area contributed by atoms with Crippen molar-refractivity contribution >= 4 is 21.8 Å². The van der Waals surface area contributed by atoms with Crippen molar-refractivity contribution < 1.29 is 10.2 Å². The molecule has 0 bridgehead atoms. The summed E-state index contributed by atoms with van der Waals surface area (Å²) in [5, 5.41) is 20.2. The molecule has 8 heteroatoms. The Morgan fingerprint density at radius 2 is 0.974 bits per heavy atom. The molecule has 6 aromatic rings. The topological polar surface area (TPSA) is 110 Å². The maximum atomic E-state index is 13.5. The number of nitrogens with zero attached hydrogens (tertiary/aromatic N) is 4. The quantitative estimate of drug-likeness (QED) is 0.351. The molecule has 0 aliphatic carbocycles. The normalized spacial score (nSPS) is 11.3. The van der Waals surface area contributed by atoms with Crippen molar-refractivity contribution in [1.29, 1.82) is 0 Å². The fraction of sp³-hybridized carbons (Fsp3) is 0.0968. The zero-order valence-electron chi connectivity index (χ0n) is 21.3. The average molecular weight is 517 g/mol. The Hall–Kier alpha value is -5.24. The minimum absolute atomic E-state index is 0.121. The van der Waals surface area contributed by atoms with Gasteiger partial charge >= 0.3 is 0 Å². The standard InChI is InChI=1S/C31H24N4O4/c1-18-32-28-13-3-20(16-26(28)30(38)34(18)22-5-9-24(36)10-6-22)15-21-4-14-29-27(17-21)31(39)35(19(2)33-29)23-7-11-25(37)12-8-23/h3-14,16-17,36-37H,15H2,1-2H3. The first-order valence-electron chi connectivity index (χ1n) is 12.4. The van der Waals surface area contributed by atoms with Crippen LogP contribution in [-0.2, 0) is 6.42 Å². The second-order valence-corrected chi connectivity index (χ2v) is 9.51. The molecule has 2 heterocycles. The lowest BCUT2D eigenvalue weighted by Gasteiger charge is -2.13. The summed E-state index contributed by atoms with van der Waals surface area (Å²) >= 11 is 0. The lowest BCUT2D eigenvalue weighted by molar-refractivity contribution is 0.474. The van der Waals surface area contributed by atoms with Crippen LogP contribution in [0.15, 0.2) is 94.5 Å². The SMILES string of the molecule is Cc1nc2ccc(Cc3ccc4nc(C)n(-c5ccc(O)cc5)c(=O)c4c3)cc2c(=O)n1-c1ccc(O)cc1. The number of hydrogen-bond donors (Lipinski definition) is 2. The van der Waals surface area contributed by atoms with Gasteiger partial charge in [-0.05, 0) is 104 Å². The van der Waals surface area contributed by atoms with Crippen molar-refractivity contribution in [3.8, 4) is 22.9 Å². The summed E-state index contributed by atoms with van der Waals surface area (Å²) < 4.78 is 3.06. The molecule has 6 rings (SSSR count). The third-order valence-corrected chi connectivity index (χ3v) is 6.82. The Bertz CT molecular complexity index is 1860. The van der Waals surface area contributed by atoms with Crippen LogP contribution in [-0.4, -0.2) is 29.3 Å². The third kappa shape index (κ3) is 4.31. The van der Waals surface area contributed by atoms with E-state index in [1.54, 1.807) is 38.1 Å². The maximum Gasteiger partial charge on any atom is 0.265 e. The van der Waals surface area contributed by atoms with E-state index in [0.29, 0.717) is 51.3 Å². The molecule has 0 radical (unpaired) electrons. The van der Waals surface area contributed by atoms with E-state index in [4.69, 9.17) is 0 Å². The predicted molar refractivity (Wildman–Crippen MR) is 150 cm³/mol. The van der Waals surface area contributed by atoms with Crippen molar-refractivity contribution in [1.82, 2.24) is 19.1 Å². The minimum atomic E-state index is -0.194. The molecule has 2 aromatic heterocycles. The summed E-state index contributed by atoms with van der Waals surface area (Å²) in [4.78, 5) is 36.2. The first-order valence-corrected chi connectivity index (χ1v) is 12.4. The van der Waals surface area contributed by atoms with Gasteiger partial charge in [-0.25, -0.2) is 9.97 Å². The fourth-order valence-corrected chi connectivity index (χ4v) is 4.95. The largest absolute Gasteiger partial charge is 0.508 e. The van der Waals surface area contributed by atoms with Crippen LogP contribution in [0.1, 0.15) is 22.8 Å². The van der Waals surface area contributed by atoms with Crippen LogP contribution >= 0.6 is 0 Å². The average Bonchev–Trinajstić information content (AvgIpc) is 2.92. The molecular weight excluding hydrogens is 492 g/mol. The third-order valence-electron chi connectivity index (χ3n) is 6.82. The van der Waals surface area contributed by atoms with E-state index >= 15 is 0 Å². The van der Waals surface area contributed by atoms with Crippen molar-refractivity contribution in [2.24, 2.45) is 0 Å². The monoisotopic (exact) mass is 516 g/mol. The van der Waals surface area contributed by atoms with Gasteiger partial charge in [0.25, 0.3) is 11.1 Å². The van der Waals surface area contributed by atoms with E-state index in [1.165, 1.54) is 33.4 Å². The van der Waals surface area contributed by atoms with Crippen LogP contribution in [0.25, 0.3) is 33.2 Å². The van der Waals surface area contributed by atoms with Crippen LogP contribution < -0.4 is 11.1 Å². The summed E-state index contributed by atoms with van der Waals surface area (Å²) in [6, 6.07) is 24.1. The number of phenolic OH excluding ortho intramolecular Hbond substituents is 2. The van der Waals surface area contributed by atoms with Gasteiger partial charge in [0.15, 0.2) is 0 Å². The van der Waals surface area contributed by atoms with Gasteiger partial charge in [-0.1, -0.05) is 12.1 Å². The number of aromatic hydroxyl groups is 2. The Morgan fingerprint density at radius 1 is 0.590 bits per heavy atom. The second kappa shape index (κ2) is 9.25. The molecule has 0 atom stereocenters. The van der Waals surface area contributed by atoms with Gasteiger partial charge in [0.05, 0.1) is 33.2 Å². The van der Waals surface area contributed by atoms with Crippen molar-refractivity contribution in [3.63, 3.8) is 0 Å². The van der Waals surface area contributed by atoms with Gasteiger partial charge in [-0.3, -0.25) is 18.7 Å². The molecule has 0 saturated heterocycles. The van der Waals surface area contributed by atoms with Gasteiger partial charge in [-0.15, -0.1) is 0 Å². The van der Waals surface area contributed by atoms with Gasteiger partial charge < -0.3 is 10.2 Å². The molecule has 4 aromatic carbocycles. The first kappa shape index (κ1) is 24.1. The van der Waals surface area contributed by atoms with Gasteiger partial charge in [0.1, 0.15) is 23.1 Å². The van der Waals surface area contributed by atoms with E-state index in [9.17, 15) is 19.8 Å². The molecule has 0 fully saturated rings. The second-order valence-electron chi connectivity index (χ2n) is 9.51.